The zero-order chi connectivity index (χ0) is 11.3. The van der Waals surface area contributed by atoms with Crippen LogP contribution in [0.3, 0.4) is 0 Å². The predicted molar refractivity (Wildman–Crippen MR) is 64.5 cm³/mol. The van der Waals surface area contributed by atoms with Crippen LogP contribution in [0.1, 0.15) is 26.3 Å². The standard InChI is InChI=1S/C12H16ClNO/c1-12(2,3)15-14-11(9-13)10-7-5-4-6-8-10/h4-8H,9H2,1-3H3/b14-11-. The molecule has 0 N–H and O–H groups in total. The Morgan fingerprint density at radius 2 is 1.87 bits per heavy atom. The minimum absolute atomic E-state index is 0.286. The summed E-state index contributed by atoms with van der Waals surface area (Å²) in [6.45, 7) is 5.86. The third kappa shape index (κ3) is 4.34. The van der Waals surface area contributed by atoms with Gasteiger partial charge in [-0.05, 0) is 20.8 Å². The average molecular weight is 226 g/mol. The van der Waals surface area contributed by atoms with Crippen molar-refractivity contribution < 1.29 is 4.84 Å². The average Bonchev–Trinajstić information content (AvgIpc) is 2.19. The number of oxime groups is 1. The Kier molecular flexibility index (Phi) is 4.15. The van der Waals surface area contributed by atoms with Crippen molar-refractivity contribution in [2.45, 2.75) is 26.4 Å². The van der Waals surface area contributed by atoms with Gasteiger partial charge in [0.2, 0.25) is 0 Å². The highest BCUT2D eigenvalue weighted by Gasteiger charge is 2.11. The molecule has 2 nitrogen and oxygen atoms in total. The van der Waals surface area contributed by atoms with Gasteiger partial charge >= 0.3 is 0 Å². The van der Waals surface area contributed by atoms with E-state index in [1.165, 1.54) is 0 Å². The first-order valence-corrected chi connectivity index (χ1v) is 5.43. The molecule has 0 aliphatic carbocycles. The zero-order valence-corrected chi connectivity index (χ0v) is 10.1. The second-order valence-electron chi connectivity index (χ2n) is 4.24. The molecule has 0 fully saturated rings. The molecule has 1 aromatic rings. The molecule has 15 heavy (non-hydrogen) atoms. The third-order valence-corrected chi connectivity index (χ3v) is 1.92. The summed E-state index contributed by atoms with van der Waals surface area (Å²) in [4.78, 5) is 5.34. The van der Waals surface area contributed by atoms with Crippen LogP contribution in [-0.2, 0) is 4.84 Å². The van der Waals surface area contributed by atoms with Crippen molar-refractivity contribution in [2.24, 2.45) is 5.16 Å². The van der Waals surface area contributed by atoms with Gasteiger partial charge in [0.1, 0.15) is 11.3 Å². The molecule has 0 unspecified atom stereocenters. The number of hydrogen-bond donors (Lipinski definition) is 0. The fourth-order valence-electron chi connectivity index (χ4n) is 0.977. The smallest absolute Gasteiger partial charge is 0.129 e. The molecule has 0 saturated heterocycles. The van der Waals surface area contributed by atoms with E-state index in [4.69, 9.17) is 16.4 Å². The minimum atomic E-state index is -0.286. The molecule has 82 valence electrons. The van der Waals surface area contributed by atoms with Gasteiger partial charge in [-0.2, -0.15) is 0 Å². The molecular weight excluding hydrogens is 210 g/mol. The summed E-state index contributed by atoms with van der Waals surface area (Å²) in [5, 5.41) is 4.07. The molecule has 0 spiro atoms. The summed E-state index contributed by atoms with van der Waals surface area (Å²) in [7, 11) is 0. The summed E-state index contributed by atoms with van der Waals surface area (Å²) >= 11 is 5.82. The lowest BCUT2D eigenvalue weighted by atomic mass is 10.1. The van der Waals surface area contributed by atoms with Crippen molar-refractivity contribution in [3.8, 4) is 0 Å². The maximum absolute atomic E-state index is 5.82. The second kappa shape index (κ2) is 5.17. The van der Waals surface area contributed by atoms with E-state index in [1.54, 1.807) is 0 Å². The molecule has 0 radical (unpaired) electrons. The first-order chi connectivity index (χ1) is 7.03. The van der Waals surface area contributed by atoms with Gasteiger partial charge in [-0.1, -0.05) is 35.5 Å². The van der Waals surface area contributed by atoms with Gasteiger partial charge in [0.25, 0.3) is 0 Å². The van der Waals surface area contributed by atoms with Crippen molar-refractivity contribution in [3.05, 3.63) is 35.9 Å². The van der Waals surface area contributed by atoms with Gasteiger partial charge < -0.3 is 4.84 Å². The van der Waals surface area contributed by atoms with Crippen LogP contribution in [0.4, 0.5) is 0 Å². The molecule has 0 aliphatic rings. The third-order valence-electron chi connectivity index (χ3n) is 1.66. The van der Waals surface area contributed by atoms with E-state index in [1.807, 2.05) is 51.1 Å². The molecule has 0 bridgehead atoms. The first-order valence-electron chi connectivity index (χ1n) is 4.89. The maximum atomic E-state index is 5.82. The largest absolute Gasteiger partial charge is 0.390 e. The first kappa shape index (κ1) is 12.1. The lowest BCUT2D eigenvalue weighted by molar-refractivity contribution is 0.000995. The fourth-order valence-corrected chi connectivity index (χ4v) is 1.18. The normalized spacial score (nSPS) is 12.7. The van der Waals surface area contributed by atoms with E-state index >= 15 is 0 Å². The Morgan fingerprint density at radius 1 is 1.27 bits per heavy atom. The molecule has 0 heterocycles. The molecule has 0 aliphatic heterocycles. The van der Waals surface area contributed by atoms with Gasteiger partial charge in [0.15, 0.2) is 0 Å². The Morgan fingerprint density at radius 3 is 2.33 bits per heavy atom. The number of hydrogen-bond acceptors (Lipinski definition) is 2. The summed E-state index contributed by atoms with van der Waals surface area (Å²) < 4.78 is 0. The van der Waals surface area contributed by atoms with Gasteiger partial charge in [-0.15, -0.1) is 11.6 Å². The zero-order valence-electron chi connectivity index (χ0n) is 9.33. The number of alkyl halides is 1. The highest BCUT2D eigenvalue weighted by Crippen LogP contribution is 2.10. The quantitative estimate of drug-likeness (QED) is 0.439. The van der Waals surface area contributed by atoms with E-state index in [0.717, 1.165) is 11.3 Å². The number of halogens is 1. The molecule has 0 amide bonds. The summed E-state index contributed by atoms with van der Waals surface area (Å²) in [5.74, 6) is 0.347. The Hall–Kier alpha value is -1.02. The van der Waals surface area contributed by atoms with Gasteiger partial charge in [0.05, 0.1) is 5.88 Å². The van der Waals surface area contributed by atoms with Crippen LogP contribution < -0.4 is 0 Å². The number of rotatable bonds is 3. The lowest BCUT2D eigenvalue weighted by Gasteiger charge is -2.16. The number of benzene rings is 1. The van der Waals surface area contributed by atoms with Crippen LogP contribution in [0.2, 0.25) is 0 Å². The predicted octanol–water partition coefficient (Wildman–Crippen LogP) is 3.44. The van der Waals surface area contributed by atoms with Crippen molar-refractivity contribution in [1.29, 1.82) is 0 Å². The van der Waals surface area contributed by atoms with E-state index in [9.17, 15) is 0 Å². The molecule has 1 rings (SSSR count). The topological polar surface area (TPSA) is 21.6 Å². The van der Waals surface area contributed by atoms with E-state index in [2.05, 4.69) is 5.16 Å². The van der Waals surface area contributed by atoms with Gasteiger partial charge in [0, 0.05) is 5.56 Å². The SMILES string of the molecule is CC(C)(C)O/N=C(/CCl)c1ccccc1. The van der Waals surface area contributed by atoms with Crippen LogP contribution in [0.5, 0.6) is 0 Å². The Balaban J connectivity index is 2.81. The lowest BCUT2D eigenvalue weighted by Crippen LogP contribution is -2.17. The fraction of sp³-hybridized carbons (Fsp3) is 0.417. The molecule has 1 aromatic carbocycles. The highest BCUT2D eigenvalue weighted by atomic mass is 35.5. The summed E-state index contributed by atoms with van der Waals surface area (Å²) in [5.41, 5.74) is 1.47. The van der Waals surface area contributed by atoms with Crippen LogP contribution in [0.15, 0.2) is 35.5 Å². The van der Waals surface area contributed by atoms with Crippen LogP contribution in [0.25, 0.3) is 0 Å². The molecule has 0 aromatic heterocycles. The molecular formula is C12H16ClNO. The highest BCUT2D eigenvalue weighted by molar-refractivity contribution is 6.31. The maximum Gasteiger partial charge on any atom is 0.129 e. The molecule has 0 atom stereocenters. The van der Waals surface area contributed by atoms with Crippen molar-refractivity contribution in [1.82, 2.24) is 0 Å². The van der Waals surface area contributed by atoms with E-state index in [-0.39, 0.29) is 5.60 Å². The molecule has 3 heteroatoms. The van der Waals surface area contributed by atoms with Crippen molar-refractivity contribution in [2.75, 3.05) is 5.88 Å². The van der Waals surface area contributed by atoms with E-state index < -0.39 is 0 Å². The van der Waals surface area contributed by atoms with E-state index in [0.29, 0.717) is 5.88 Å². The Labute approximate surface area is 95.9 Å². The van der Waals surface area contributed by atoms with Crippen LogP contribution >= 0.6 is 11.6 Å². The monoisotopic (exact) mass is 225 g/mol. The van der Waals surface area contributed by atoms with Crippen molar-refractivity contribution in [3.63, 3.8) is 0 Å². The van der Waals surface area contributed by atoms with Gasteiger partial charge in [-0.25, -0.2) is 0 Å². The summed E-state index contributed by atoms with van der Waals surface area (Å²) in [6.07, 6.45) is 0. The Bertz CT molecular complexity index is 327. The summed E-state index contributed by atoms with van der Waals surface area (Å²) in [6, 6.07) is 9.80. The second-order valence-corrected chi connectivity index (χ2v) is 4.51. The van der Waals surface area contributed by atoms with Gasteiger partial charge in [-0.3, -0.25) is 0 Å². The number of nitrogens with zero attached hydrogens (tertiary/aromatic N) is 1. The molecule has 0 saturated carbocycles. The minimum Gasteiger partial charge on any atom is -0.390 e. The van der Waals surface area contributed by atoms with Crippen molar-refractivity contribution >= 4 is 17.3 Å². The van der Waals surface area contributed by atoms with Crippen LogP contribution in [0, 0.1) is 0 Å². The van der Waals surface area contributed by atoms with Crippen LogP contribution in [-0.4, -0.2) is 17.2 Å².